The Bertz CT molecular complexity index is 3540. The predicted molar refractivity (Wildman–Crippen MR) is 249 cm³/mol. The molecule has 13 aromatic rings. The first kappa shape index (κ1) is 32.9. The smallest absolute Gasteiger partial charge is 0.137 e. The topological polar surface area (TPSA) is 32.1 Å². The number of aromatic nitrogens is 5. The number of fused-ring (bicyclic) bond motifs is 10. The van der Waals surface area contributed by atoms with Crippen LogP contribution in [0.1, 0.15) is 0 Å². The highest BCUT2D eigenvalue weighted by atomic mass is 15.0. The van der Waals surface area contributed by atoms with Crippen LogP contribution < -0.4 is 0 Å². The summed E-state index contributed by atoms with van der Waals surface area (Å²) in [6.45, 7) is 0. The van der Waals surface area contributed by atoms with Gasteiger partial charge in [0.15, 0.2) is 0 Å². The SMILES string of the molecule is c1ccc2c(c1)c1ccccc1n2-c1ccc(-c2c(-c3cc(-n4c5ccccc5c5ccccc54)cc(-n4c5ccccc5c5ccccc54)c3)nc3ccccn23)cc1. The average Bonchev–Trinajstić information content (AvgIpc) is 4.06. The molecule has 0 spiro atoms. The molecule has 0 atom stereocenters. The van der Waals surface area contributed by atoms with Crippen LogP contribution in [-0.2, 0) is 0 Å². The third-order valence-corrected chi connectivity index (χ3v) is 12.4. The third-order valence-electron chi connectivity index (χ3n) is 12.4. The fraction of sp³-hybridized carbons (Fsp3) is 0. The molecule has 5 heteroatoms. The van der Waals surface area contributed by atoms with Gasteiger partial charge in [-0.2, -0.15) is 0 Å². The molecule has 0 N–H and O–H groups in total. The van der Waals surface area contributed by atoms with Crippen molar-refractivity contribution in [3.8, 4) is 39.6 Å². The number of para-hydroxylation sites is 6. The molecule has 0 saturated heterocycles. The number of pyridine rings is 1. The molecule has 0 unspecified atom stereocenters. The lowest BCUT2D eigenvalue weighted by atomic mass is 10.0. The highest BCUT2D eigenvalue weighted by molar-refractivity contribution is 6.11. The van der Waals surface area contributed by atoms with Crippen LogP contribution in [0.15, 0.2) is 212 Å². The minimum absolute atomic E-state index is 0.898. The quantitative estimate of drug-likeness (QED) is 0.172. The van der Waals surface area contributed by atoms with E-state index in [1.54, 1.807) is 0 Å². The van der Waals surface area contributed by atoms with E-state index in [0.29, 0.717) is 0 Å². The summed E-state index contributed by atoms with van der Waals surface area (Å²) in [6, 6.07) is 74.6. The van der Waals surface area contributed by atoms with Gasteiger partial charge in [0.1, 0.15) is 5.65 Å². The normalized spacial score (nSPS) is 12.0. The van der Waals surface area contributed by atoms with Gasteiger partial charge in [0.25, 0.3) is 0 Å². The lowest BCUT2D eigenvalue weighted by molar-refractivity contribution is 1.13. The average molecular weight is 766 g/mol. The molecule has 0 amide bonds. The van der Waals surface area contributed by atoms with Gasteiger partial charge >= 0.3 is 0 Å². The molecule has 5 aromatic heterocycles. The van der Waals surface area contributed by atoms with Crippen molar-refractivity contribution in [3.63, 3.8) is 0 Å². The summed E-state index contributed by atoms with van der Waals surface area (Å²) >= 11 is 0. The van der Waals surface area contributed by atoms with Gasteiger partial charge in [-0.25, -0.2) is 4.98 Å². The molecule has 60 heavy (non-hydrogen) atoms. The number of hydrogen-bond donors (Lipinski definition) is 0. The summed E-state index contributed by atoms with van der Waals surface area (Å²) in [7, 11) is 0. The first-order valence-electron chi connectivity index (χ1n) is 20.5. The van der Waals surface area contributed by atoms with Crippen LogP contribution in [0.2, 0.25) is 0 Å². The van der Waals surface area contributed by atoms with Crippen LogP contribution in [0.3, 0.4) is 0 Å². The van der Waals surface area contributed by atoms with Crippen molar-refractivity contribution in [2.75, 3.05) is 0 Å². The van der Waals surface area contributed by atoms with Crippen LogP contribution in [0, 0.1) is 0 Å². The van der Waals surface area contributed by atoms with E-state index in [1.807, 2.05) is 0 Å². The van der Waals surface area contributed by atoms with Crippen LogP contribution in [0.5, 0.6) is 0 Å². The second-order valence-corrected chi connectivity index (χ2v) is 15.6. The van der Waals surface area contributed by atoms with Crippen molar-refractivity contribution in [2.24, 2.45) is 0 Å². The number of hydrogen-bond acceptors (Lipinski definition) is 1. The van der Waals surface area contributed by atoms with Crippen molar-refractivity contribution < 1.29 is 0 Å². The second kappa shape index (κ2) is 12.7. The Morgan fingerprint density at radius 1 is 0.300 bits per heavy atom. The van der Waals surface area contributed by atoms with E-state index in [2.05, 4.69) is 231 Å². The number of imidazole rings is 1. The highest BCUT2D eigenvalue weighted by Gasteiger charge is 2.22. The van der Waals surface area contributed by atoms with E-state index in [1.165, 1.54) is 65.4 Å². The Kier molecular flexibility index (Phi) is 6.95. The molecule has 0 radical (unpaired) electrons. The second-order valence-electron chi connectivity index (χ2n) is 15.6. The zero-order valence-corrected chi connectivity index (χ0v) is 32.4. The molecule has 0 saturated carbocycles. The van der Waals surface area contributed by atoms with Crippen molar-refractivity contribution in [2.45, 2.75) is 0 Å². The van der Waals surface area contributed by atoms with E-state index in [9.17, 15) is 0 Å². The van der Waals surface area contributed by atoms with Gasteiger partial charge in [0.2, 0.25) is 0 Å². The zero-order valence-electron chi connectivity index (χ0n) is 32.4. The first-order chi connectivity index (χ1) is 29.8. The third kappa shape index (κ3) is 4.71. The maximum absolute atomic E-state index is 5.45. The summed E-state index contributed by atoms with van der Waals surface area (Å²) in [4.78, 5) is 5.45. The summed E-state index contributed by atoms with van der Waals surface area (Å²) in [5.41, 5.74) is 15.3. The Morgan fingerprint density at radius 2 is 0.667 bits per heavy atom. The first-order valence-corrected chi connectivity index (χ1v) is 20.5. The Morgan fingerprint density at radius 3 is 1.08 bits per heavy atom. The predicted octanol–water partition coefficient (Wildman–Crippen LogP) is 14.0. The van der Waals surface area contributed by atoms with Crippen LogP contribution in [0.4, 0.5) is 0 Å². The number of nitrogens with zero attached hydrogens (tertiary/aromatic N) is 5. The maximum Gasteiger partial charge on any atom is 0.137 e. The summed E-state index contributed by atoms with van der Waals surface area (Å²) < 4.78 is 9.44. The molecule has 8 aromatic carbocycles. The van der Waals surface area contributed by atoms with E-state index in [-0.39, 0.29) is 0 Å². The molecule has 0 fully saturated rings. The number of benzene rings is 8. The largest absolute Gasteiger partial charge is 0.309 e. The van der Waals surface area contributed by atoms with Crippen LogP contribution in [0.25, 0.3) is 111 Å². The van der Waals surface area contributed by atoms with Crippen molar-refractivity contribution in [1.82, 2.24) is 23.1 Å². The van der Waals surface area contributed by atoms with Gasteiger partial charge in [0.05, 0.1) is 44.5 Å². The fourth-order valence-electron chi connectivity index (χ4n) is 9.83. The fourth-order valence-corrected chi connectivity index (χ4v) is 9.83. The lowest BCUT2D eigenvalue weighted by Gasteiger charge is -2.16. The molecular formula is C55H35N5. The molecule has 0 bridgehead atoms. The molecule has 5 nitrogen and oxygen atoms in total. The van der Waals surface area contributed by atoms with Gasteiger partial charge in [-0.3, -0.25) is 4.40 Å². The Balaban J connectivity index is 1.08. The molecule has 0 aliphatic rings. The van der Waals surface area contributed by atoms with Gasteiger partial charge in [-0.05, 0) is 78.9 Å². The Hall–Kier alpha value is -8.15. The van der Waals surface area contributed by atoms with Crippen LogP contribution in [-0.4, -0.2) is 23.1 Å². The van der Waals surface area contributed by atoms with E-state index < -0.39 is 0 Å². The van der Waals surface area contributed by atoms with Crippen LogP contribution >= 0.6 is 0 Å². The molecular weight excluding hydrogens is 731 g/mol. The molecule has 5 heterocycles. The molecule has 13 rings (SSSR count). The van der Waals surface area contributed by atoms with Crippen molar-refractivity contribution in [3.05, 3.63) is 212 Å². The maximum atomic E-state index is 5.45. The zero-order chi connectivity index (χ0) is 39.3. The summed E-state index contributed by atoms with van der Waals surface area (Å²) in [5.74, 6) is 0. The standard InChI is InChI=1S/C55H35N5/c1-7-21-47-41(15-1)42-16-2-8-22-48(42)58(47)38-30-28-36(29-31-38)55-54(56-53-27-13-14-32-57(53)55)37-33-39(59-49-23-9-3-17-43(49)44-18-4-10-24-50(44)59)35-40(34-37)60-51-25-11-5-19-45(51)46-20-6-12-26-52(46)60/h1-35H. The van der Waals surface area contributed by atoms with E-state index in [4.69, 9.17) is 4.98 Å². The van der Waals surface area contributed by atoms with Gasteiger partial charge in [-0.15, -0.1) is 0 Å². The van der Waals surface area contributed by atoms with Crippen molar-refractivity contribution in [1.29, 1.82) is 0 Å². The molecule has 280 valence electrons. The minimum atomic E-state index is 0.898. The lowest BCUT2D eigenvalue weighted by Crippen LogP contribution is -2.00. The highest BCUT2D eigenvalue weighted by Crippen LogP contribution is 2.41. The van der Waals surface area contributed by atoms with Gasteiger partial charge < -0.3 is 13.7 Å². The van der Waals surface area contributed by atoms with Gasteiger partial charge in [0, 0.05) is 66.7 Å². The summed E-state index contributed by atoms with van der Waals surface area (Å²) in [6.07, 6.45) is 2.13. The van der Waals surface area contributed by atoms with Gasteiger partial charge in [-0.1, -0.05) is 127 Å². The molecule has 0 aliphatic carbocycles. The number of rotatable bonds is 5. The van der Waals surface area contributed by atoms with E-state index >= 15 is 0 Å². The van der Waals surface area contributed by atoms with E-state index in [0.717, 1.165) is 45.2 Å². The summed E-state index contributed by atoms with van der Waals surface area (Å²) in [5, 5.41) is 7.43. The monoisotopic (exact) mass is 765 g/mol. The Labute approximate surface area is 344 Å². The van der Waals surface area contributed by atoms with Crippen molar-refractivity contribution >= 4 is 71.1 Å². The minimum Gasteiger partial charge on any atom is -0.309 e. The molecule has 0 aliphatic heterocycles.